The van der Waals surface area contributed by atoms with Gasteiger partial charge in [0.2, 0.25) is 5.91 Å². The van der Waals surface area contributed by atoms with Gasteiger partial charge in [0.25, 0.3) is 0 Å². The fraction of sp³-hybridized carbons (Fsp3) is 0.487. The number of unbranched alkanes of at least 4 members (excludes halogenated alkanes) is 1. The van der Waals surface area contributed by atoms with Crippen molar-refractivity contribution in [3.8, 4) is 23.0 Å². The second-order valence-corrected chi connectivity index (χ2v) is 13.0. The zero-order chi connectivity index (χ0) is 35.1. The summed E-state index contributed by atoms with van der Waals surface area (Å²) in [6.45, 7) is 10.5. The first-order chi connectivity index (χ1) is 23.6. The van der Waals surface area contributed by atoms with Crippen molar-refractivity contribution >= 4 is 12.0 Å². The molecule has 2 unspecified atom stereocenters. The molecule has 4 rings (SSSR count). The summed E-state index contributed by atoms with van der Waals surface area (Å²) in [7, 11) is 1.64. The van der Waals surface area contributed by atoms with E-state index in [0.717, 1.165) is 53.4 Å². The molecule has 2 atom stereocenters. The van der Waals surface area contributed by atoms with Crippen LogP contribution in [-0.4, -0.2) is 81.8 Å². The molecule has 0 spiro atoms. The molecule has 2 amide bonds. The number of hydrogen-bond donors (Lipinski definition) is 1. The fourth-order valence-electron chi connectivity index (χ4n) is 5.66. The molecule has 0 aromatic heterocycles. The maximum atomic E-state index is 13.0. The first kappa shape index (κ1) is 37.4. The van der Waals surface area contributed by atoms with Gasteiger partial charge in [-0.15, -0.1) is 0 Å². The Morgan fingerprint density at radius 1 is 0.816 bits per heavy atom. The number of para-hydroxylation sites is 3. The molecule has 10 nitrogen and oxygen atoms in total. The summed E-state index contributed by atoms with van der Waals surface area (Å²) in [5, 5.41) is 2.83. The van der Waals surface area contributed by atoms with Gasteiger partial charge in [0.05, 0.1) is 39.6 Å². The van der Waals surface area contributed by atoms with E-state index >= 15 is 0 Å². The first-order valence-corrected chi connectivity index (χ1v) is 17.2. The van der Waals surface area contributed by atoms with Crippen molar-refractivity contribution < 1.29 is 38.0 Å². The van der Waals surface area contributed by atoms with Crippen molar-refractivity contribution in [3.63, 3.8) is 0 Å². The molecular weight excluding hydrogens is 624 g/mol. The molecule has 1 aliphatic heterocycles. The number of amides is 2. The maximum Gasteiger partial charge on any atom is 0.410 e. The van der Waals surface area contributed by atoms with E-state index in [2.05, 4.69) is 17.4 Å². The van der Waals surface area contributed by atoms with Gasteiger partial charge in [-0.2, -0.15) is 0 Å². The molecule has 1 fully saturated rings. The second-order valence-electron chi connectivity index (χ2n) is 13.0. The number of benzene rings is 3. The molecule has 49 heavy (non-hydrogen) atoms. The van der Waals surface area contributed by atoms with Crippen LogP contribution in [0.3, 0.4) is 0 Å². The molecule has 3 aromatic carbocycles. The third kappa shape index (κ3) is 12.5. The SMILES string of the molecule is COc1ccccc1OCCCCOc1ccc(C2CCN(C(=O)OC(C)(C)C)CC2OCCOc2ccccc2CCNC(C)=O)cc1. The number of methoxy groups -OCH3 is 1. The van der Waals surface area contributed by atoms with Crippen molar-refractivity contribution in [2.24, 2.45) is 0 Å². The number of carbonyl (C=O) groups excluding carboxylic acids is 2. The van der Waals surface area contributed by atoms with Gasteiger partial charge in [0, 0.05) is 25.9 Å². The zero-order valence-electron chi connectivity index (χ0n) is 29.6. The third-order valence-electron chi connectivity index (χ3n) is 8.07. The summed E-state index contributed by atoms with van der Waals surface area (Å²) in [5.74, 6) is 3.08. The van der Waals surface area contributed by atoms with Gasteiger partial charge in [-0.3, -0.25) is 4.79 Å². The van der Waals surface area contributed by atoms with E-state index in [0.29, 0.717) is 52.5 Å². The molecule has 0 radical (unpaired) electrons. The lowest BCUT2D eigenvalue weighted by Gasteiger charge is -2.39. The molecule has 0 saturated carbocycles. The molecule has 1 heterocycles. The summed E-state index contributed by atoms with van der Waals surface area (Å²) in [5.41, 5.74) is 1.58. The highest BCUT2D eigenvalue weighted by molar-refractivity contribution is 5.72. The number of nitrogens with one attached hydrogen (secondary N) is 1. The van der Waals surface area contributed by atoms with Crippen molar-refractivity contribution in [2.45, 2.75) is 71.0 Å². The number of likely N-dealkylation sites (tertiary alicyclic amines) is 1. The number of rotatable bonds is 17. The van der Waals surface area contributed by atoms with Crippen LogP contribution < -0.4 is 24.3 Å². The van der Waals surface area contributed by atoms with Crippen LogP contribution >= 0.6 is 0 Å². The summed E-state index contributed by atoms with van der Waals surface area (Å²) in [4.78, 5) is 26.0. The summed E-state index contributed by atoms with van der Waals surface area (Å²) in [6, 6.07) is 23.6. The molecule has 1 saturated heterocycles. The van der Waals surface area contributed by atoms with Crippen LogP contribution in [0.25, 0.3) is 0 Å². The Hall–Kier alpha value is -4.44. The Balaban J connectivity index is 1.29. The third-order valence-corrected chi connectivity index (χ3v) is 8.07. The lowest BCUT2D eigenvalue weighted by Crippen LogP contribution is -2.48. The Morgan fingerprint density at radius 2 is 1.47 bits per heavy atom. The van der Waals surface area contributed by atoms with Crippen LogP contribution in [-0.2, 0) is 20.7 Å². The quantitative estimate of drug-likeness (QED) is 0.156. The maximum absolute atomic E-state index is 13.0. The van der Waals surface area contributed by atoms with Gasteiger partial charge in [-0.1, -0.05) is 42.5 Å². The van der Waals surface area contributed by atoms with Gasteiger partial charge in [0.15, 0.2) is 11.5 Å². The molecule has 0 aliphatic carbocycles. The molecule has 1 N–H and O–H groups in total. The van der Waals surface area contributed by atoms with Crippen LogP contribution in [0.1, 0.15) is 64.0 Å². The van der Waals surface area contributed by atoms with E-state index < -0.39 is 5.60 Å². The van der Waals surface area contributed by atoms with Crippen LogP contribution in [0.5, 0.6) is 23.0 Å². The van der Waals surface area contributed by atoms with Gasteiger partial charge in [-0.05, 0) is 87.9 Å². The minimum absolute atomic E-state index is 0.0564. The van der Waals surface area contributed by atoms with E-state index in [-0.39, 0.29) is 24.0 Å². The Labute approximate surface area is 291 Å². The molecule has 0 bridgehead atoms. The monoisotopic (exact) mass is 676 g/mol. The highest BCUT2D eigenvalue weighted by Gasteiger charge is 2.35. The van der Waals surface area contributed by atoms with Gasteiger partial charge < -0.3 is 38.6 Å². The number of carbonyl (C=O) groups is 2. The van der Waals surface area contributed by atoms with Crippen molar-refractivity contribution in [3.05, 3.63) is 83.9 Å². The lowest BCUT2D eigenvalue weighted by atomic mass is 9.87. The van der Waals surface area contributed by atoms with Crippen molar-refractivity contribution in [1.29, 1.82) is 0 Å². The Morgan fingerprint density at radius 3 is 2.16 bits per heavy atom. The minimum atomic E-state index is -0.580. The van der Waals surface area contributed by atoms with Gasteiger partial charge in [-0.25, -0.2) is 4.79 Å². The average Bonchev–Trinajstić information content (AvgIpc) is 3.08. The van der Waals surface area contributed by atoms with Crippen LogP contribution in [0.15, 0.2) is 72.8 Å². The molecule has 3 aromatic rings. The molecular formula is C39H52N2O8. The van der Waals surface area contributed by atoms with E-state index in [4.69, 9.17) is 28.4 Å². The lowest BCUT2D eigenvalue weighted by molar-refractivity contribution is -0.118. The van der Waals surface area contributed by atoms with E-state index in [1.165, 1.54) is 6.92 Å². The highest BCUT2D eigenvalue weighted by atomic mass is 16.6. The Kier molecular flexibility index (Phi) is 14.4. The molecule has 10 heteroatoms. The number of ether oxygens (including phenoxy) is 6. The molecule has 1 aliphatic rings. The van der Waals surface area contributed by atoms with Crippen LogP contribution in [0.4, 0.5) is 4.79 Å². The standard InChI is InChI=1S/C39H52N2O8/c1-29(42)40-22-20-31-12-6-7-13-34(31)47-26-27-48-37-28-41(38(43)49-39(2,3)4)23-21-33(37)30-16-18-32(19-17-30)45-24-10-11-25-46-36-15-9-8-14-35(36)44-5/h6-9,12-19,33,37H,10-11,20-28H2,1-5H3,(H,40,42). The number of nitrogens with zero attached hydrogens (tertiary/aromatic N) is 1. The smallest absolute Gasteiger partial charge is 0.410 e. The number of hydrogen-bond acceptors (Lipinski definition) is 8. The molecule has 266 valence electrons. The van der Waals surface area contributed by atoms with E-state index in [1.807, 2.05) is 81.4 Å². The minimum Gasteiger partial charge on any atom is -0.494 e. The van der Waals surface area contributed by atoms with Crippen molar-refractivity contribution in [2.75, 3.05) is 53.2 Å². The second kappa shape index (κ2) is 18.9. The van der Waals surface area contributed by atoms with Crippen molar-refractivity contribution in [1.82, 2.24) is 10.2 Å². The number of piperidine rings is 1. The Bertz CT molecular complexity index is 1460. The van der Waals surface area contributed by atoms with Crippen LogP contribution in [0, 0.1) is 0 Å². The zero-order valence-corrected chi connectivity index (χ0v) is 29.6. The van der Waals surface area contributed by atoms with Gasteiger partial charge in [0.1, 0.15) is 23.7 Å². The first-order valence-electron chi connectivity index (χ1n) is 17.2. The topological polar surface area (TPSA) is 105 Å². The van der Waals surface area contributed by atoms with E-state index in [1.54, 1.807) is 12.0 Å². The summed E-state index contributed by atoms with van der Waals surface area (Å²) < 4.78 is 35.4. The largest absolute Gasteiger partial charge is 0.494 e. The predicted octanol–water partition coefficient (Wildman–Crippen LogP) is 6.80. The summed E-state index contributed by atoms with van der Waals surface area (Å²) >= 11 is 0. The van der Waals surface area contributed by atoms with E-state index in [9.17, 15) is 9.59 Å². The predicted molar refractivity (Wildman–Crippen MR) is 189 cm³/mol. The fourth-order valence-corrected chi connectivity index (χ4v) is 5.66. The average molecular weight is 677 g/mol. The normalized spacial score (nSPS) is 16.1. The summed E-state index contributed by atoms with van der Waals surface area (Å²) in [6.07, 6.45) is 2.55. The highest BCUT2D eigenvalue weighted by Crippen LogP contribution is 2.32. The van der Waals surface area contributed by atoms with Gasteiger partial charge >= 0.3 is 6.09 Å². The van der Waals surface area contributed by atoms with Crippen LogP contribution in [0.2, 0.25) is 0 Å².